The van der Waals surface area contributed by atoms with Crippen molar-refractivity contribution in [1.82, 2.24) is 5.32 Å². The first kappa shape index (κ1) is 15.8. The average molecular weight is 285 g/mol. The van der Waals surface area contributed by atoms with E-state index in [0.717, 1.165) is 25.0 Å². The van der Waals surface area contributed by atoms with Gasteiger partial charge in [0.2, 0.25) is 0 Å². The third-order valence-electron chi connectivity index (χ3n) is 2.53. The SMILES string of the molecule is CCCCNC(=O)Nc1ccc(C(F)(F)F)cc1C#N. The molecule has 0 spiro atoms. The first-order valence-corrected chi connectivity index (χ1v) is 6.04. The Balaban J connectivity index is 2.81. The second kappa shape index (κ2) is 6.80. The molecule has 0 bridgehead atoms. The number of nitriles is 1. The van der Waals surface area contributed by atoms with Crippen LogP contribution in [0.25, 0.3) is 0 Å². The van der Waals surface area contributed by atoms with Crippen molar-refractivity contribution >= 4 is 11.7 Å². The van der Waals surface area contributed by atoms with Crippen LogP contribution in [-0.2, 0) is 6.18 Å². The molecule has 7 heteroatoms. The maximum absolute atomic E-state index is 12.5. The molecule has 20 heavy (non-hydrogen) atoms. The van der Waals surface area contributed by atoms with E-state index in [0.29, 0.717) is 12.6 Å². The van der Waals surface area contributed by atoms with Crippen LogP contribution in [0.1, 0.15) is 30.9 Å². The number of nitrogens with zero attached hydrogens (tertiary/aromatic N) is 1. The summed E-state index contributed by atoms with van der Waals surface area (Å²) in [5.74, 6) is 0. The molecule has 4 nitrogen and oxygen atoms in total. The normalized spacial score (nSPS) is 10.8. The Morgan fingerprint density at radius 3 is 2.65 bits per heavy atom. The minimum absolute atomic E-state index is 0.0505. The first-order chi connectivity index (χ1) is 9.38. The van der Waals surface area contributed by atoms with Gasteiger partial charge in [-0.15, -0.1) is 0 Å². The van der Waals surface area contributed by atoms with Crippen molar-refractivity contribution in [3.05, 3.63) is 29.3 Å². The van der Waals surface area contributed by atoms with Gasteiger partial charge in [0.05, 0.1) is 16.8 Å². The highest BCUT2D eigenvalue weighted by atomic mass is 19.4. The zero-order valence-electron chi connectivity index (χ0n) is 10.8. The van der Waals surface area contributed by atoms with E-state index < -0.39 is 17.8 Å². The Kier molecular flexibility index (Phi) is 5.38. The van der Waals surface area contributed by atoms with Crippen LogP contribution in [0.4, 0.5) is 23.7 Å². The molecule has 0 unspecified atom stereocenters. The second-order valence-electron chi connectivity index (χ2n) is 4.10. The minimum Gasteiger partial charge on any atom is -0.338 e. The summed E-state index contributed by atoms with van der Waals surface area (Å²) < 4.78 is 37.5. The van der Waals surface area contributed by atoms with Crippen molar-refractivity contribution < 1.29 is 18.0 Å². The lowest BCUT2D eigenvalue weighted by Gasteiger charge is -2.11. The highest BCUT2D eigenvalue weighted by Crippen LogP contribution is 2.31. The van der Waals surface area contributed by atoms with Gasteiger partial charge in [-0.3, -0.25) is 0 Å². The van der Waals surface area contributed by atoms with Crippen LogP contribution < -0.4 is 10.6 Å². The van der Waals surface area contributed by atoms with Gasteiger partial charge in [0.25, 0.3) is 0 Å². The largest absolute Gasteiger partial charge is 0.416 e. The van der Waals surface area contributed by atoms with E-state index in [4.69, 9.17) is 5.26 Å². The third kappa shape index (κ3) is 4.46. The van der Waals surface area contributed by atoms with Gasteiger partial charge in [0.1, 0.15) is 6.07 Å². The highest BCUT2D eigenvalue weighted by Gasteiger charge is 2.31. The quantitative estimate of drug-likeness (QED) is 0.831. The Morgan fingerprint density at radius 2 is 2.10 bits per heavy atom. The molecule has 0 heterocycles. The topological polar surface area (TPSA) is 64.9 Å². The Bertz CT molecular complexity index is 521. The minimum atomic E-state index is -4.52. The molecule has 0 atom stereocenters. The smallest absolute Gasteiger partial charge is 0.338 e. The molecule has 0 aliphatic carbocycles. The Labute approximate surface area is 114 Å². The molecule has 0 aliphatic rings. The summed E-state index contributed by atoms with van der Waals surface area (Å²) in [5.41, 5.74) is -1.11. The van der Waals surface area contributed by atoms with E-state index in [9.17, 15) is 18.0 Å². The number of halogens is 3. The van der Waals surface area contributed by atoms with E-state index >= 15 is 0 Å². The molecular formula is C13H14F3N3O. The number of alkyl halides is 3. The summed E-state index contributed by atoms with van der Waals surface area (Å²) in [7, 11) is 0. The first-order valence-electron chi connectivity index (χ1n) is 6.04. The van der Waals surface area contributed by atoms with E-state index in [-0.39, 0.29) is 11.3 Å². The van der Waals surface area contributed by atoms with Gasteiger partial charge in [-0.05, 0) is 24.6 Å². The van der Waals surface area contributed by atoms with Crippen LogP contribution in [0, 0.1) is 11.3 Å². The maximum atomic E-state index is 12.5. The number of benzene rings is 1. The van der Waals surface area contributed by atoms with Crippen molar-refractivity contribution in [2.75, 3.05) is 11.9 Å². The molecule has 0 saturated carbocycles. The molecule has 0 radical (unpaired) electrons. The number of amides is 2. The monoisotopic (exact) mass is 285 g/mol. The van der Waals surface area contributed by atoms with E-state index in [1.165, 1.54) is 0 Å². The van der Waals surface area contributed by atoms with Crippen molar-refractivity contribution in [2.24, 2.45) is 0 Å². The van der Waals surface area contributed by atoms with Crippen LogP contribution in [0.5, 0.6) is 0 Å². The fourth-order valence-corrected chi connectivity index (χ4v) is 1.47. The predicted octanol–water partition coefficient (Wildman–Crippen LogP) is 3.50. The van der Waals surface area contributed by atoms with Crippen LogP contribution >= 0.6 is 0 Å². The second-order valence-corrected chi connectivity index (χ2v) is 4.10. The summed E-state index contributed by atoms with van der Waals surface area (Å²) in [4.78, 5) is 11.5. The molecule has 1 aromatic rings. The van der Waals surface area contributed by atoms with Gasteiger partial charge in [-0.25, -0.2) is 4.79 Å². The molecule has 1 aromatic carbocycles. The molecule has 0 saturated heterocycles. The lowest BCUT2D eigenvalue weighted by Crippen LogP contribution is -2.29. The number of carbonyl (C=O) groups excluding carboxylic acids is 1. The number of rotatable bonds is 4. The molecule has 0 aromatic heterocycles. The fourth-order valence-electron chi connectivity index (χ4n) is 1.47. The van der Waals surface area contributed by atoms with Crippen molar-refractivity contribution in [1.29, 1.82) is 5.26 Å². The van der Waals surface area contributed by atoms with E-state index in [1.807, 2.05) is 6.92 Å². The van der Waals surface area contributed by atoms with Gasteiger partial charge < -0.3 is 10.6 Å². The van der Waals surface area contributed by atoms with Crippen LogP contribution in [-0.4, -0.2) is 12.6 Å². The van der Waals surface area contributed by atoms with E-state index in [2.05, 4.69) is 10.6 Å². The third-order valence-corrected chi connectivity index (χ3v) is 2.53. The zero-order chi connectivity index (χ0) is 15.2. The number of anilines is 1. The number of nitrogens with one attached hydrogen (secondary N) is 2. The summed E-state index contributed by atoms with van der Waals surface area (Å²) in [6, 6.07) is 3.69. The molecule has 1 rings (SSSR count). The van der Waals surface area contributed by atoms with Gasteiger partial charge in [-0.1, -0.05) is 13.3 Å². The summed E-state index contributed by atoms with van der Waals surface area (Å²) in [6.45, 7) is 2.42. The number of hydrogen-bond donors (Lipinski definition) is 2. The Morgan fingerprint density at radius 1 is 1.40 bits per heavy atom. The number of carbonyl (C=O) groups is 1. The summed E-state index contributed by atoms with van der Waals surface area (Å²) >= 11 is 0. The molecule has 2 amide bonds. The van der Waals surface area contributed by atoms with Gasteiger partial charge >= 0.3 is 12.2 Å². The van der Waals surface area contributed by atoms with Crippen LogP contribution in [0.3, 0.4) is 0 Å². The molecule has 2 N–H and O–H groups in total. The summed E-state index contributed by atoms with van der Waals surface area (Å²) in [5, 5.41) is 13.8. The van der Waals surface area contributed by atoms with Crippen LogP contribution in [0.2, 0.25) is 0 Å². The summed E-state index contributed by atoms with van der Waals surface area (Å²) in [6.07, 6.45) is -2.82. The van der Waals surface area contributed by atoms with Gasteiger partial charge in [0, 0.05) is 6.54 Å². The lowest BCUT2D eigenvalue weighted by atomic mass is 10.1. The van der Waals surface area contributed by atoms with Crippen molar-refractivity contribution in [2.45, 2.75) is 25.9 Å². The highest BCUT2D eigenvalue weighted by molar-refractivity contribution is 5.90. The van der Waals surface area contributed by atoms with Gasteiger partial charge in [-0.2, -0.15) is 18.4 Å². The zero-order valence-corrected chi connectivity index (χ0v) is 10.8. The van der Waals surface area contributed by atoms with Gasteiger partial charge in [0.15, 0.2) is 0 Å². The number of urea groups is 1. The maximum Gasteiger partial charge on any atom is 0.416 e. The molecular weight excluding hydrogens is 271 g/mol. The molecule has 0 aliphatic heterocycles. The van der Waals surface area contributed by atoms with Crippen molar-refractivity contribution in [3.8, 4) is 6.07 Å². The molecule has 0 fully saturated rings. The van der Waals surface area contributed by atoms with Crippen molar-refractivity contribution in [3.63, 3.8) is 0 Å². The molecule has 108 valence electrons. The van der Waals surface area contributed by atoms with E-state index in [1.54, 1.807) is 6.07 Å². The fraction of sp³-hybridized carbons (Fsp3) is 0.385. The number of hydrogen-bond acceptors (Lipinski definition) is 2. The number of unbranched alkanes of at least 4 members (excludes halogenated alkanes) is 1. The lowest BCUT2D eigenvalue weighted by molar-refractivity contribution is -0.137. The standard InChI is InChI=1S/C13H14F3N3O/c1-2-3-6-18-12(20)19-11-5-4-10(13(14,15)16)7-9(11)8-17/h4-5,7H,2-3,6H2,1H3,(H2,18,19,20). The average Bonchev–Trinajstić information content (AvgIpc) is 2.38. The Hall–Kier alpha value is -2.23. The predicted molar refractivity (Wildman–Crippen MR) is 68.1 cm³/mol. The van der Waals surface area contributed by atoms with Crippen LogP contribution in [0.15, 0.2) is 18.2 Å².